The molecule has 1 heterocycles. The number of rotatable bonds is 7. The zero-order chi connectivity index (χ0) is 14.8. The van der Waals surface area contributed by atoms with Gasteiger partial charge in [0.1, 0.15) is 4.88 Å². The van der Waals surface area contributed by atoms with Crippen molar-refractivity contribution in [1.29, 1.82) is 0 Å². The van der Waals surface area contributed by atoms with Gasteiger partial charge in [-0.3, -0.25) is 9.79 Å². The molecule has 0 bridgehead atoms. The Labute approximate surface area is 123 Å². The molecule has 110 valence electrons. The van der Waals surface area contributed by atoms with E-state index < -0.39 is 0 Å². The summed E-state index contributed by atoms with van der Waals surface area (Å²) in [5, 5.41) is 9.04. The number of carbonyl (C=O) groups excluding carboxylic acids is 1. The summed E-state index contributed by atoms with van der Waals surface area (Å²) in [6.45, 7) is 9.90. The highest BCUT2D eigenvalue weighted by molar-refractivity contribution is 7.11. The van der Waals surface area contributed by atoms with Gasteiger partial charge >= 0.3 is 0 Å². The van der Waals surface area contributed by atoms with Crippen LogP contribution in [0, 0.1) is 6.92 Å². The lowest BCUT2D eigenvalue weighted by Gasteiger charge is -2.09. The predicted octanol–water partition coefficient (Wildman–Crippen LogP) is 0.922. The second kappa shape index (κ2) is 9.08. The fourth-order valence-corrected chi connectivity index (χ4v) is 2.17. The van der Waals surface area contributed by atoms with Crippen LogP contribution in [0.5, 0.6) is 0 Å². The molecular weight excluding hydrogens is 274 g/mol. The molecule has 1 amide bonds. The molecule has 0 aliphatic rings. The first-order valence-electron chi connectivity index (χ1n) is 6.50. The summed E-state index contributed by atoms with van der Waals surface area (Å²) in [7, 11) is 0. The average Bonchev–Trinajstić information content (AvgIpc) is 2.86. The Morgan fingerprint density at radius 3 is 2.90 bits per heavy atom. The molecule has 1 aromatic rings. The second-order valence-corrected chi connectivity index (χ2v) is 4.81. The molecular formula is C13H21N5OS. The lowest BCUT2D eigenvalue weighted by molar-refractivity contribution is 0.0958. The Morgan fingerprint density at radius 2 is 2.30 bits per heavy atom. The van der Waals surface area contributed by atoms with Crippen LogP contribution in [0.2, 0.25) is 0 Å². The van der Waals surface area contributed by atoms with Gasteiger partial charge in [0.05, 0.1) is 17.7 Å². The summed E-state index contributed by atoms with van der Waals surface area (Å²) < 4.78 is 0. The monoisotopic (exact) mass is 295 g/mol. The molecule has 0 aliphatic carbocycles. The molecule has 0 fully saturated rings. The first kappa shape index (κ1) is 16.2. The van der Waals surface area contributed by atoms with Crippen LogP contribution >= 0.6 is 11.3 Å². The van der Waals surface area contributed by atoms with Crippen LogP contribution in [-0.4, -0.2) is 43.0 Å². The Bertz CT molecular complexity index is 469. The molecule has 1 aromatic heterocycles. The smallest absolute Gasteiger partial charge is 0.263 e. The van der Waals surface area contributed by atoms with Crippen molar-refractivity contribution in [1.82, 2.24) is 20.9 Å². The van der Waals surface area contributed by atoms with Crippen LogP contribution in [0.15, 0.2) is 23.2 Å². The zero-order valence-corrected chi connectivity index (χ0v) is 12.7. The van der Waals surface area contributed by atoms with Gasteiger partial charge in [-0.1, -0.05) is 6.08 Å². The van der Waals surface area contributed by atoms with Gasteiger partial charge < -0.3 is 16.0 Å². The number of nitrogens with zero attached hydrogens (tertiary/aromatic N) is 2. The molecule has 6 nitrogen and oxygen atoms in total. The van der Waals surface area contributed by atoms with Gasteiger partial charge in [0, 0.05) is 19.6 Å². The summed E-state index contributed by atoms with van der Waals surface area (Å²) in [5.74, 6) is 0.625. The van der Waals surface area contributed by atoms with E-state index in [9.17, 15) is 4.79 Å². The lowest BCUT2D eigenvalue weighted by Crippen LogP contribution is -2.38. The van der Waals surface area contributed by atoms with Crippen molar-refractivity contribution >= 4 is 23.2 Å². The van der Waals surface area contributed by atoms with Crippen molar-refractivity contribution in [2.45, 2.75) is 13.8 Å². The van der Waals surface area contributed by atoms with E-state index in [0.29, 0.717) is 24.5 Å². The molecule has 1 rings (SSSR count). The molecule has 20 heavy (non-hydrogen) atoms. The fourth-order valence-electron chi connectivity index (χ4n) is 1.45. The highest BCUT2D eigenvalue weighted by Crippen LogP contribution is 2.11. The molecule has 0 aromatic carbocycles. The quantitative estimate of drug-likeness (QED) is 0.302. The molecule has 0 radical (unpaired) electrons. The molecule has 0 aliphatic heterocycles. The van der Waals surface area contributed by atoms with Gasteiger partial charge in [-0.05, 0) is 13.8 Å². The highest BCUT2D eigenvalue weighted by atomic mass is 32.1. The SMILES string of the molecule is C=CCNC(=NCCNC(=O)c1scnc1C)NCC. The largest absolute Gasteiger partial charge is 0.357 e. The standard InChI is InChI=1S/C13H21N5OS/c1-4-6-16-13(14-5-2)17-8-7-15-12(19)11-10(3)18-9-20-11/h4,9H,1,5-8H2,2-3H3,(H,15,19)(H2,14,16,17). The minimum Gasteiger partial charge on any atom is -0.357 e. The third-order valence-electron chi connectivity index (χ3n) is 2.38. The van der Waals surface area contributed by atoms with Crippen molar-refractivity contribution in [3.05, 3.63) is 28.7 Å². The van der Waals surface area contributed by atoms with Crippen molar-refractivity contribution in [2.24, 2.45) is 4.99 Å². The van der Waals surface area contributed by atoms with E-state index in [1.54, 1.807) is 11.6 Å². The molecule has 0 saturated heterocycles. The van der Waals surface area contributed by atoms with Gasteiger partial charge in [0.15, 0.2) is 5.96 Å². The van der Waals surface area contributed by atoms with Gasteiger partial charge in [-0.2, -0.15) is 0 Å². The van der Waals surface area contributed by atoms with E-state index in [0.717, 1.165) is 18.2 Å². The van der Waals surface area contributed by atoms with Crippen LogP contribution in [0.3, 0.4) is 0 Å². The fraction of sp³-hybridized carbons (Fsp3) is 0.462. The van der Waals surface area contributed by atoms with Crippen molar-refractivity contribution in [3.8, 4) is 0 Å². The Balaban J connectivity index is 2.36. The van der Waals surface area contributed by atoms with Crippen molar-refractivity contribution < 1.29 is 4.79 Å². The van der Waals surface area contributed by atoms with Crippen LogP contribution in [0.1, 0.15) is 22.3 Å². The van der Waals surface area contributed by atoms with Crippen molar-refractivity contribution in [3.63, 3.8) is 0 Å². The number of aryl methyl sites for hydroxylation is 1. The Hall–Kier alpha value is -1.89. The summed E-state index contributed by atoms with van der Waals surface area (Å²) in [6, 6.07) is 0. The summed E-state index contributed by atoms with van der Waals surface area (Å²) in [6.07, 6.45) is 1.77. The topological polar surface area (TPSA) is 78.4 Å². The molecule has 7 heteroatoms. The highest BCUT2D eigenvalue weighted by Gasteiger charge is 2.10. The van der Waals surface area contributed by atoms with Gasteiger partial charge in [0.2, 0.25) is 0 Å². The summed E-state index contributed by atoms with van der Waals surface area (Å²) in [4.78, 5) is 20.9. The number of nitrogens with one attached hydrogen (secondary N) is 3. The molecule has 0 saturated carbocycles. The maximum Gasteiger partial charge on any atom is 0.263 e. The minimum atomic E-state index is -0.0933. The summed E-state index contributed by atoms with van der Waals surface area (Å²) >= 11 is 1.35. The van der Waals surface area contributed by atoms with Crippen LogP contribution < -0.4 is 16.0 Å². The second-order valence-electron chi connectivity index (χ2n) is 3.95. The number of guanidine groups is 1. The van der Waals surface area contributed by atoms with E-state index >= 15 is 0 Å². The number of hydrogen-bond donors (Lipinski definition) is 3. The number of hydrogen-bond acceptors (Lipinski definition) is 4. The lowest BCUT2D eigenvalue weighted by atomic mass is 10.4. The molecule has 0 unspecified atom stereocenters. The van der Waals surface area contributed by atoms with E-state index in [-0.39, 0.29) is 5.91 Å². The number of thiazole rings is 1. The third-order valence-corrected chi connectivity index (χ3v) is 3.30. The van der Waals surface area contributed by atoms with Gasteiger partial charge in [-0.15, -0.1) is 17.9 Å². The van der Waals surface area contributed by atoms with Gasteiger partial charge in [-0.25, -0.2) is 4.98 Å². The molecule has 3 N–H and O–H groups in total. The number of aromatic nitrogens is 1. The first-order chi connectivity index (χ1) is 9.69. The number of amides is 1. The normalized spacial score (nSPS) is 11.0. The third kappa shape index (κ3) is 5.40. The maximum absolute atomic E-state index is 11.8. The summed E-state index contributed by atoms with van der Waals surface area (Å²) in [5.41, 5.74) is 2.43. The number of carbonyl (C=O) groups is 1. The van der Waals surface area contributed by atoms with E-state index in [2.05, 4.69) is 32.5 Å². The maximum atomic E-state index is 11.8. The van der Waals surface area contributed by atoms with E-state index in [1.165, 1.54) is 11.3 Å². The van der Waals surface area contributed by atoms with Crippen LogP contribution in [0.25, 0.3) is 0 Å². The number of aliphatic imine (C=N–C) groups is 1. The minimum absolute atomic E-state index is 0.0933. The molecule has 0 spiro atoms. The van der Waals surface area contributed by atoms with E-state index in [1.807, 2.05) is 13.8 Å². The van der Waals surface area contributed by atoms with E-state index in [4.69, 9.17) is 0 Å². The van der Waals surface area contributed by atoms with Crippen LogP contribution in [0.4, 0.5) is 0 Å². The molecule has 0 atom stereocenters. The first-order valence-corrected chi connectivity index (χ1v) is 7.38. The van der Waals surface area contributed by atoms with Crippen LogP contribution in [-0.2, 0) is 0 Å². The van der Waals surface area contributed by atoms with Gasteiger partial charge in [0.25, 0.3) is 5.91 Å². The predicted molar refractivity (Wildman–Crippen MR) is 83.4 cm³/mol. The Kier molecular flexibility index (Phi) is 7.34. The average molecular weight is 295 g/mol. The zero-order valence-electron chi connectivity index (χ0n) is 11.9. The Morgan fingerprint density at radius 1 is 1.50 bits per heavy atom. The van der Waals surface area contributed by atoms with Crippen molar-refractivity contribution in [2.75, 3.05) is 26.2 Å².